The zero-order valence-corrected chi connectivity index (χ0v) is 11.1. The molecule has 1 aliphatic carbocycles. The molecule has 0 saturated heterocycles. The van der Waals surface area contributed by atoms with Crippen molar-refractivity contribution < 1.29 is 13.9 Å². The summed E-state index contributed by atoms with van der Waals surface area (Å²) in [6, 6.07) is 3.88. The van der Waals surface area contributed by atoms with Gasteiger partial charge in [0, 0.05) is 13.1 Å². The Kier molecular flexibility index (Phi) is 4.88. The smallest absolute Gasteiger partial charge is 0.159 e. The van der Waals surface area contributed by atoms with Gasteiger partial charge in [0.1, 0.15) is 0 Å². The molecule has 2 N–H and O–H groups in total. The lowest BCUT2D eigenvalue weighted by atomic mass is 9.94. The molecule has 1 fully saturated rings. The average Bonchev–Trinajstić information content (AvgIpc) is 2.59. The summed E-state index contributed by atoms with van der Waals surface area (Å²) in [5.74, 6) is -1.65. The van der Waals surface area contributed by atoms with E-state index >= 15 is 0 Å². The van der Waals surface area contributed by atoms with Gasteiger partial charge in [0.05, 0.1) is 5.60 Å². The van der Waals surface area contributed by atoms with Gasteiger partial charge in [-0.15, -0.1) is 0 Å². The summed E-state index contributed by atoms with van der Waals surface area (Å²) in [6.07, 6.45) is 6.12. The Hall–Kier alpha value is -1.00. The molecule has 0 bridgehead atoms. The van der Waals surface area contributed by atoms with Gasteiger partial charge in [-0.05, 0) is 30.5 Å². The lowest BCUT2D eigenvalue weighted by Crippen LogP contribution is -2.39. The molecule has 2 rings (SSSR count). The second-order valence-corrected chi connectivity index (χ2v) is 5.49. The fourth-order valence-electron chi connectivity index (χ4n) is 2.65. The van der Waals surface area contributed by atoms with Crippen molar-refractivity contribution in [2.24, 2.45) is 0 Å². The van der Waals surface area contributed by atoms with E-state index in [-0.39, 0.29) is 0 Å². The molecule has 0 atom stereocenters. The maximum atomic E-state index is 13.0. The van der Waals surface area contributed by atoms with E-state index in [2.05, 4.69) is 5.32 Å². The van der Waals surface area contributed by atoms with E-state index in [4.69, 9.17) is 0 Å². The first-order valence-electron chi connectivity index (χ1n) is 6.96. The fourth-order valence-corrected chi connectivity index (χ4v) is 2.65. The number of nitrogens with one attached hydrogen (secondary N) is 1. The molecule has 0 aromatic heterocycles. The minimum atomic E-state index is -0.828. The first kappa shape index (κ1) is 14.4. The van der Waals surface area contributed by atoms with Crippen molar-refractivity contribution in [2.75, 3.05) is 6.54 Å². The van der Waals surface area contributed by atoms with Crippen LogP contribution in [0.5, 0.6) is 0 Å². The zero-order valence-electron chi connectivity index (χ0n) is 11.1. The van der Waals surface area contributed by atoms with Crippen LogP contribution in [0.15, 0.2) is 18.2 Å². The van der Waals surface area contributed by atoms with Crippen LogP contribution in [0, 0.1) is 11.6 Å². The van der Waals surface area contributed by atoms with Crippen molar-refractivity contribution in [1.82, 2.24) is 5.32 Å². The molecule has 2 nitrogen and oxygen atoms in total. The van der Waals surface area contributed by atoms with Crippen molar-refractivity contribution >= 4 is 0 Å². The van der Waals surface area contributed by atoms with E-state index in [1.807, 2.05) is 0 Å². The molecule has 1 aliphatic rings. The predicted molar refractivity (Wildman–Crippen MR) is 70.7 cm³/mol. The van der Waals surface area contributed by atoms with Crippen molar-refractivity contribution in [2.45, 2.75) is 50.7 Å². The maximum Gasteiger partial charge on any atom is 0.159 e. The third kappa shape index (κ3) is 4.25. The first-order valence-corrected chi connectivity index (χ1v) is 6.96. The van der Waals surface area contributed by atoms with E-state index in [1.54, 1.807) is 6.07 Å². The number of hydrogen-bond acceptors (Lipinski definition) is 2. The molecule has 0 radical (unpaired) electrons. The number of hydrogen-bond donors (Lipinski definition) is 2. The highest BCUT2D eigenvalue weighted by Gasteiger charge is 2.27. The van der Waals surface area contributed by atoms with Crippen molar-refractivity contribution in [1.29, 1.82) is 0 Å². The molecule has 0 unspecified atom stereocenters. The van der Waals surface area contributed by atoms with Crippen LogP contribution in [0.1, 0.15) is 44.1 Å². The Labute approximate surface area is 112 Å². The van der Waals surface area contributed by atoms with E-state index in [1.165, 1.54) is 18.9 Å². The minimum absolute atomic E-state index is 0.444. The van der Waals surface area contributed by atoms with Gasteiger partial charge in [-0.25, -0.2) is 8.78 Å². The molecule has 19 heavy (non-hydrogen) atoms. The van der Waals surface area contributed by atoms with E-state index in [0.717, 1.165) is 31.7 Å². The molecule has 4 heteroatoms. The summed E-state index contributed by atoms with van der Waals surface area (Å²) >= 11 is 0. The number of benzene rings is 1. The van der Waals surface area contributed by atoms with Crippen LogP contribution in [-0.2, 0) is 6.54 Å². The Balaban J connectivity index is 1.83. The van der Waals surface area contributed by atoms with E-state index in [9.17, 15) is 13.9 Å². The highest BCUT2D eigenvalue weighted by atomic mass is 19.2. The summed E-state index contributed by atoms with van der Waals surface area (Å²) in [7, 11) is 0. The molecule has 1 aromatic carbocycles. The number of aliphatic hydroxyl groups is 1. The number of halogens is 2. The van der Waals surface area contributed by atoms with Crippen molar-refractivity contribution in [3.05, 3.63) is 35.4 Å². The monoisotopic (exact) mass is 269 g/mol. The number of rotatable bonds is 4. The predicted octanol–water partition coefficient (Wildman–Crippen LogP) is 3.14. The quantitative estimate of drug-likeness (QED) is 0.823. The molecule has 0 amide bonds. The van der Waals surface area contributed by atoms with Crippen LogP contribution in [0.3, 0.4) is 0 Å². The van der Waals surface area contributed by atoms with Crippen LogP contribution >= 0.6 is 0 Å². The largest absolute Gasteiger partial charge is 0.389 e. The van der Waals surface area contributed by atoms with Crippen LogP contribution in [0.4, 0.5) is 8.78 Å². The molecule has 1 saturated carbocycles. The van der Waals surface area contributed by atoms with Gasteiger partial charge in [0.15, 0.2) is 11.6 Å². The summed E-state index contributed by atoms with van der Waals surface area (Å²) in [5.41, 5.74) is 0.0471. The Morgan fingerprint density at radius 3 is 2.37 bits per heavy atom. The standard InChI is InChI=1S/C15H21F2NO/c16-13-6-5-12(9-14(13)17)10-18-11-15(19)7-3-1-2-4-8-15/h5-6,9,18-19H,1-4,7-8,10-11H2. The average molecular weight is 269 g/mol. The van der Waals surface area contributed by atoms with Gasteiger partial charge >= 0.3 is 0 Å². The Morgan fingerprint density at radius 2 is 1.74 bits per heavy atom. The van der Waals surface area contributed by atoms with E-state index in [0.29, 0.717) is 18.7 Å². The summed E-state index contributed by atoms with van der Waals surface area (Å²) in [6.45, 7) is 0.950. The third-order valence-electron chi connectivity index (χ3n) is 3.80. The second kappa shape index (κ2) is 6.44. The first-order chi connectivity index (χ1) is 9.09. The van der Waals surface area contributed by atoms with Gasteiger partial charge < -0.3 is 10.4 Å². The highest BCUT2D eigenvalue weighted by Crippen LogP contribution is 2.26. The van der Waals surface area contributed by atoms with Gasteiger partial charge in [-0.3, -0.25) is 0 Å². The van der Waals surface area contributed by atoms with Gasteiger partial charge in [-0.2, -0.15) is 0 Å². The normalized spacial score (nSPS) is 19.1. The molecule has 0 aliphatic heterocycles. The van der Waals surface area contributed by atoms with Gasteiger partial charge in [0.2, 0.25) is 0 Å². The summed E-state index contributed by atoms with van der Waals surface area (Å²) in [5, 5.41) is 13.6. The lowest BCUT2D eigenvalue weighted by molar-refractivity contribution is 0.0250. The van der Waals surface area contributed by atoms with Crippen LogP contribution in [-0.4, -0.2) is 17.3 Å². The zero-order chi connectivity index (χ0) is 13.7. The maximum absolute atomic E-state index is 13.0. The molecule has 106 valence electrons. The highest BCUT2D eigenvalue weighted by molar-refractivity contribution is 5.17. The van der Waals surface area contributed by atoms with Crippen LogP contribution in [0.25, 0.3) is 0 Å². The van der Waals surface area contributed by atoms with Gasteiger partial charge in [0.25, 0.3) is 0 Å². The van der Waals surface area contributed by atoms with Crippen LogP contribution in [0.2, 0.25) is 0 Å². The molecule has 0 heterocycles. The molecule has 0 spiro atoms. The van der Waals surface area contributed by atoms with Crippen LogP contribution < -0.4 is 5.32 Å². The summed E-state index contributed by atoms with van der Waals surface area (Å²) in [4.78, 5) is 0. The minimum Gasteiger partial charge on any atom is -0.389 e. The third-order valence-corrected chi connectivity index (χ3v) is 3.80. The SMILES string of the molecule is OC1(CNCc2ccc(F)c(F)c2)CCCCCC1. The molecular formula is C15H21F2NO. The molecule has 1 aromatic rings. The molecular weight excluding hydrogens is 248 g/mol. The van der Waals surface area contributed by atoms with E-state index < -0.39 is 17.2 Å². The second-order valence-electron chi connectivity index (χ2n) is 5.49. The fraction of sp³-hybridized carbons (Fsp3) is 0.600. The lowest BCUT2D eigenvalue weighted by Gasteiger charge is -2.27. The topological polar surface area (TPSA) is 32.3 Å². The Bertz CT molecular complexity index is 415. The Morgan fingerprint density at radius 1 is 1.05 bits per heavy atom. The summed E-state index contributed by atoms with van der Waals surface area (Å²) < 4.78 is 25.8. The van der Waals surface area contributed by atoms with Crippen molar-refractivity contribution in [3.8, 4) is 0 Å². The van der Waals surface area contributed by atoms with Gasteiger partial charge in [-0.1, -0.05) is 31.7 Å². The van der Waals surface area contributed by atoms with Crippen molar-refractivity contribution in [3.63, 3.8) is 0 Å².